The van der Waals surface area contributed by atoms with Gasteiger partial charge in [-0.1, -0.05) is 0 Å². The van der Waals surface area contributed by atoms with Gasteiger partial charge in [-0.05, 0) is 12.1 Å². The van der Waals surface area contributed by atoms with Gasteiger partial charge in [0, 0.05) is 12.1 Å². The summed E-state index contributed by atoms with van der Waals surface area (Å²) in [5.41, 5.74) is 0.0441. The summed E-state index contributed by atoms with van der Waals surface area (Å²) in [6.07, 6.45) is 2.20. The predicted molar refractivity (Wildman–Crippen MR) is 67.6 cm³/mol. The van der Waals surface area contributed by atoms with Crippen LogP contribution in [0.3, 0.4) is 0 Å². The van der Waals surface area contributed by atoms with Crippen LogP contribution in [0.5, 0.6) is 11.5 Å². The van der Waals surface area contributed by atoms with E-state index in [4.69, 9.17) is 9.47 Å². The van der Waals surface area contributed by atoms with E-state index in [-0.39, 0.29) is 17.4 Å². The molecule has 0 saturated carbocycles. The van der Waals surface area contributed by atoms with Gasteiger partial charge >= 0.3 is 0 Å². The van der Waals surface area contributed by atoms with Crippen molar-refractivity contribution in [2.24, 2.45) is 0 Å². The van der Waals surface area contributed by atoms with Crippen LogP contribution in [-0.2, 0) is 10.0 Å². The Morgan fingerprint density at radius 2 is 1.95 bits per heavy atom. The Kier molecular flexibility index (Phi) is 2.94. The molecular formula is C12H9FN2O4S. The van der Waals surface area contributed by atoms with Gasteiger partial charge in [0.1, 0.15) is 5.82 Å². The highest BCUT2D eigenvalue weighted by atomic mass is 32.2. The molecule has 0 unspecified atom stereocenters. The van der Waals surface area contributed by atoms with Crippen molar-refractivity contribution in [3.63, 3.8) is 0 Å². The van der Waals surface area contributed by atoms with Gasteiger partial charge in [-0.25, -0.2) is 12.8 Å². The summed E-state index contributed by atoms with van der Waals surface area (Å²) in [4.78, 5) is 3.56. The van der Waals surface area contributed by atoms with Crippen LogP contribution in [0, 0.1) is 5.82 Å². The number of nitrogens with one attached hydrogen (secondary N) is 1. The van der Waals surface area contributed by atoms with Gasteiger partial charge in [-0.15, -0.1) is 0 Å². The molecule has 0 amide bonds. The number of aromatic nitrogens is 1. The molecule has 0 spiro atoms. The minimum Gasteiger partial charge on any atom is -0.454 e. The maximum absolute atomic E-state index is 13.0. The van der Waals surface area contributed by atoms with Crippen LogP contribution < -0.4 is 14.2 Å². The van der Waals surface area contributed by atoms with Crippen LogP contribution in [-0.4, -0.2) is 20.2 Å². The second-order valence-electron chi connectivity index (χ2n) is 4.01. The average Bonchev–Trinajstić information content (AvgIpc) is 2.85. The standard InChI is InChI=1S/C12H9FN2O4S/c13-8-3-9(6-14-5-8)15-20(16,17)10-1-2-11-12(4-10)19-7-18-11/h1-6,15H,7H2. The number of halogens is 1. The molecule has 3 rings (SSSR count). The largest absolute Gasteiger partial charge is 0.454 e. The first-order valence-electron chi connectivity index (χ1n) is 5.58. The van der Waals surface area contributed by atoms with Crippen molar-refractivity contribution in [2.75, 3.05) is 11.5 Å². The van der Waals surface area contributed by atoms with Gasteiger partial charge in [0.05, 0.1) is 23.0 Å². The van der Waals surface area contributed by atoms with E-state index in [1.54, 1.807) is 0 Å². The molecule has 0 atom stereocenters. The summed E-state index contributed by atoms with van der Waals surface area (Å²) in [5.74, 6) is 0.206. The molecule has 2 aromatic rings. The number of hydrogen-bond donors (Lipinski definition) is 1. The Bertz CT molecular complexity index is 764. The first-order valence-corrected chi connectivity index (χ1v) is 7.06. The number of fused-ring (bicyclic) bond motifs is 1. The van der Waals surface area contributed by atoms with Crippen molar-refractivity contribution in [3.8, 4) is 11.5 Å². The lowest BCUT2D eigenvalue weighted by Gasteiger charge is -2.08. The zero-order valence-corrected chi connectivity index (χ0v) is 10.9. The highest BCUT2D eigenvalue weighted by molar-refractivity contribution is 7.92. The molecule has 0 fully saturated rings. The van der Waals surface area contributed by atoms with Crippen LogP contribution in [0.1, 0.15) is 0 Å². The molecule has 8 heteroatoms. The number of sulfonamides is 1. The Hall–Kier alpha value is -2.35. The fourth-order valence-electron chi connectivity index (χ4n) is 1.73. The van der Waals surface area contributed by atoms with Gasteiger partial charge in [0.2, 0.25) is 6.79 Å². The van der Waals surface area contributed by atoms with Crippen molar-refractivity contribution in [3.05, 3.63) is 42.5 Å². The Balaban J connectivity index is 1.92. The average molecular weight is 296 g/mol. The molecule has 6 nitrogen and oxygen atoms in total. The van der Waals surface area contributed by atoms with Crippen LogP contribution in [0.25, 0.3) is 0 Å². The van der Waals surface area contributed by atoms with Gasteiger partial charge in [-0.2, -0.15) is 0 Å². The molecule has 1 aliphatic rings. The predicted octanol–water partition coefficient (Wildman–Crippen LogP) is 1.75. The smallest absolute Gasteiger partial charge is 0.262 e. The van der Waals surface area contributed by atoms with E-state index >= 15 is 0 Å². The first-order chi connectivity index (χ1) is 9.54. The fraction of sp³-hybridized carbons (Fsp3) is 0.0833. The second-order valence-corrected chi connectivity index (χ2v) is 5.69. The topological polar surface area (TPSA) is 77.5 Å². The number of benzene rings is 1. The van der Waals surface area contributed by atoms with Gasteiger partial charge in [-0.3, -0.25) is 9.71 Å². The van der Waals surface area contributed by atoms with Crippen molar-refractivity contribution in [2.45, 2.75) is 4.90 Å². The number of anilines is 1. The monoisotopic (exact) mass is 296 g/mol. The van der Waals surface area contributed by atoms with Crippen molar-refractivity contribution in [1.29, 1.82) is 0 Å². The maximum atomic E-state index is 13.0. The number of rotatable bonds is 3. The quantitative estimate of drug-likeness (QED) is 0.933. The lowest BCUT2D eigenvalue weighted by molar-refractivity contribution is 0.174. The van der Waals surface area contributed by atoms with E-state index in [0.717, 1.165) is 12.3 Å². The lowest BCUT2D eigenvalue weighted by atomic mass is 10.3. The third-order valence-electron chi connectivity index (χ3n) is 2.61. The van der Waals surface area contributed by atoms with E-state index in [2.05, 4.69) is 9.71 Å². The molecule has 1 aromatic carbocycles. The SMILES string of the molecule is O=S(=O)(Nc1cncc(F)c1)c1ccc2c(c1)OCO2. The van der Waals surface area contributed by atoms with Gasteiger partial charge < -0.3 is 9.47 Å². The van der Waals surface area contributed by atoms with Crippen LogP contribution in [0.2, 0.25) is 0 Å². The molecule has 0 aliphatic carbocycles. The number of ether oxygens (including phenoxy) is 2. The van der Waals surface area contributed by atoms with Crippen molar-refractivity contribution in [1.82, 2.24) is 4.98 Å². The van der Waals surface area contributed by atoms with Crippen molar-refractivity contribution < 1.29 is 22.3 Å². The van der Waals surface area contributed by atoms with Gasteiger partial charge in [0.15, 0.2) is 11.5 Å². The minimum atomic E-state index is -3.84. The summed E-state index contributed by atoms with van der Waals surface area (Å²) in [6.45, 7) is 0.0556. The first kappa shape index (κ1) is 12.7. The summed E-state index contributed by atoms with van der Waals surface area (Å²) < 4.78 is 49.8. The van der Waals surface area contributed by atoms with Crippen LogP contribution in [0.4, 0.5) is 10.1 Å². The molecule has 0 radical (unpaired) electrons. The number of pyridine rings is 1. The van der Waals surface area contributed by atoms with Crippen LogP contribution >= 0.6 is 0 Å². The molecule has 2 heterocycles. The van der Waals surface area contributed by atoms with Gasteiger partial charge in [0.25, 0.3) is 10.0 Å². The van der Waals surface area contributed by atoms with Crippen LogP contribution in [0.15, 0.2) is 41.6 Å². The zero-order chi connectivity index (χ0) is 14.2. The normalized spacial score (nSPS) is 13.2. The highest BCUT2D eigenvalue weighted by Gasteiger charge is 2.20. The third-order valence-corrected chi connectivity index (χ3v) is 3.99. The molecule has 0 bridgehead atoms. The molecule has 1 N–H and O–H groups in total. The molecule has 1 aromatic heterocycles. The fourth-order valence-corrected chi connectivity index (χ4v) is 2.77. The third kappa shape index (κ3) is 2.37. The lowest BCUT2D eigenvalue weighted by Crippen LogP contribution is -2.13. The number of hydrogen-bond acceptors (Lipinski definition) is 5. The summed E-state index contributed by atoms with van der Waals surface area (Å²) in [6, 6.07) is 5.26. The van der Waals surface area contributed by atoms with E-state index in [1.807, 2.05) is 0 Å². The minimum absolute atomic E-state index is 0.00832. The maximum Gasteiger partial charge on any atom is 0.262 e. The number of nitrogens with zero attached hydrogens (tertiary/aromatic N) is 1. The summed E-state index contributed by atoms with van der Waals surface area (Å²) >= 11 is 0. The second kappa shape index (κ2) is 4.64. The van der Waals surface area contributed by atoms with Crippen molar-refractivity contribution >= 4 is 15.7 Å². The molecule has 1 aliphatic heterocycles. The Morgan fingerprint density at radius 1 is 1.15 bits per heavy atom. The van der Waals surface area contributed by atoms with E-state index in [9.17, 15) is 12.8 Å². The summed E-state index contributed by atoms with van der Waals surface area (Å²) in [7, 11) is -3.84. The summed E-state index contributed by atoms with van der Waals surface area (Å²) in [5, 5.41) is 0. The molecule has 20 heavy (non-hydrogen) atoms. The van der Waals surface area contributed by atoms with E-state index < -0.39 is 15.8 Å². The van der Waals surface area contributed by atoms with E-state index in [1.165, 1.54) is 24.4 Å². The molecular weight excluding hydrogens is 287 g/mol. The highest BCUT2D eigenvalue weighted by Crippen LogP contribution is 2.34. The van der Waals surface area contributed by atoms with E-state index in [0.29, 0.717) is 11.5 Å². The molecule has 104 valence electrons. The Morgan fingerprint density at radius 3 is 2.75 bits per heavy atom. The molecule has 0 saturated heterocycles. The Labute approximate surface area is 114 Å². The zero-order valence-electron chi connectivity index (χ0n) is 10.0.